The number of rotatable bonds is 4. The van der Waals surface area contributed by atoms with Gasteiger partial charge in [0.2, 0.25) is 0 Å². The zero-order chi connectivity index (χ0) is 16.2. The zero-order valence-electron chi connectivity index (χ0n) is 12.8. The van der Waals surface area contributed by atoms with Crippen LogP contribution in [0.1, 0.15) is 23.3 Å². The summed E-state index contributed by atoms with van der Waals surface area (Å²) in [6.45, 7) is 3.11. The van der Waals surface area contributed by atoms with E-state index in [1.165, 1.54) is 4.88 Å². The fraction of sp³-hybridized carbons (Fsp3) is 0.294. The van der Waals surface area contributed by atoms with Gasteiger partial charge in [-0.3, -0.25) is 9.59 Å². The first-order chi connectivity index (χ1) is 11.1. The van der Waals surface area contributed by atoms with Crippen molar-refractivity contribution in [2.45, 2.75) is 19.3 Å². The largest absolute Gasteiger partial charge is 0.493 e. The van der Waals surface area contributed by atoms with E-state index in [0.717, 1.165) is 17.7 Å². The van der Waals surface area contributed by atoms with Gasteiger partial charge in [-0.1, -0.05) is 13.0 Å². The lowest BCUT2D eigenvalue weighted by Crippen LogP contribution is -2.37. The van der Waals surface area contributed by atoms with Gasteiger partial charge in [-0.05, 0) is 35.2 Å². The Morgan fingerprint density at radius 3 is 2.96 bits per heavy atom. The van der Waals surface area contributed by atoms with Crippen LogP contribution >= 0.6 is 11.3 Å². The molecule has 1 aliphatic rings. The molecule has 120 valence electrons. The standard InChI is InChI=1S/C17H18N2O3S/c1-11(15-3-2-8-23-15)10-18-16(20)17(21)19-13-4-5-14-12(9-13)6-7-22-14/h2-5,8-9,11H,6-7,10H2,1H3,(H,18,20)(H,19,21)/t11-/m0/s1. The van der Waals surface area contributed by atoms with Crippen LogP contribution in [0.3, 0.4) is 0 Å². The smallest absolute Gasteiger partial charge is 0.313 e. The first kappa shape index (κ1) is 15.6. The Bertz CT molecular complexity index is 713. The van der Waals surface area contributed by atoms with E-state index in [4.69, 9.17) is 4.74 Å². The first-order valence-corrected chi connectivity index (χ1v) is 8.40. The Labute approximate surface area is 138 Å². The highest BCUT2D eigenvalue weighted by Crippen LogP contribution is 2.27. The van der Waals surface area contributed by atoms with Crippen LogP contribution in [0.25, 0.3) is 0 Å². The number of fused-ring (bicyclic) bond motifs is 1. The predicted molar refractivity (Wildman–Crippen MR) is 90.0 cm³/mol. The second-order valence-electron chi connectivity index (χ2n) is 5.50. The molecule has 6 heteroatoms. The van der Waals surface area contributed by atoms with Gasteiger partial charge in [0.1, 0.15) is 5.75 Å². The number of benzene rings is 1. The minimum absolute atomic E-state index is 0.184. The van der Waals surface area contributed by atoms with E-state index in [1.807, 2.05) is 36.6 Å². The molecule has 1 aromatic carbocycles. The highest BCUT2D eigenvalue weighted by atomic mass is 32.1. The van der Waals surface area contributed by atoms with E-state index in [0.29, 0.717) is 18.8 Å². The Hall–Kier alpha value is -2.34. The molecule has 2 heterocycles. The third-order valence-corrected chi connectivity index (χ3v) is 4.86. The van der Waals surface area contributed by atoms with Crippen molar-refractivity contribution in [2.75, 3.05) is 18.5 Å². The van der Waals surface area contributed by atoms with Gasteiger partial charge in [-0.15, -0.1) is 11.3 Å². The molecule has 2 aromatic rings. The molecule has 0 bridgehead atoms. The summed E-state index contributed by atoms with van der Waals surface area (Å²) in [5.41, 5.74) is 1.66. The van der Waals surface area contributed by atoms with Crippen LogP contribution in [-0.2, 0) is 16.0 Å². The summed E-state index contributed by atoms with van der Waals surface area (Å²) in [4.78, 5) is 25.1. The van der Waals surface area contributed by atoms with E-state index in [1.54, 1.807) is 17.4 Å². The predicted octanol–water partition coefficient (Wildman–Crippen LogP) is 2.54. The molecule has 0 unspecified atom stereocenters. The molecule has 5 nitrogen and oxygen atoms in total. The molecular formula is C17H18N2O3S. The van der Waals surface area contributed by atoms with E-state index in [2.05, 4.69) is 10.6 Å². The Morgan fingerprint density at radius 2 is 2.17 bits per heavy atom. The number of thiophene rings is 1. The molecule has 0 fully saturated rings. The summed E-state index contributed by atoms with van der Waals surface area (Å²) in [5, 5.41) is 7.30. The molecular weight excluding hydrogens is 312 g/mol. The van der Waals surface area contributed by atoms with Crippen molar-refractivity contribution in [1.29, 1.82) is 0 Å². The zero-order valence-corrected chi connectivity index (χ0v) is 13.6. The molecule has 1 aliphatic heterocycles. The molecule has 2 N–H and O–H groups in total. The molecule has 0 saturated heterocycles. The van der Waals surface area contributed by atoms with Crippen molar-refractivity contribution in [1.82, 2.24) is 5.32 Å². The van der Waals surface area contributed by atoms with Crippen molar-refractivity contribution < 1.29 is 14.3 Å². The topological polar surface area (TPSA) is 67.4 Å². The molecule has 0 spiro atoms. The van der Waals surface area contributed by atoms with Crippen LogP contribution < -0.4 is 15.4 Å². The molecule has 0 radical (unpaired) electrons. The fourth-order valence-corrected chi connectivity index (χ4v) is 3.24. The first-order valence-electron chi connectivity index (χ1n) is 7.52. The SMILES string of the molecule is C[C@@H](CNC(=O)C(=O)Nc1ccc2c(c1)CCO2)c1cccs1. The molecule has 1 atom stereocenters. The summed E-state index contributed by atoms with van der Waals surface area (Å²) in [5.74, 6) is -0.242. The maximum Gasteiger partial charge on any atom is 0.313 e. The van der Waals surface area contributed by atoms with Gasteiger partial charge >= 0.3 is 11.8 Å². The molecule has 1 aromatic heterocycles. The number of carbonyl (C=O) groups excluding carboxylic acids is 2. The van der Waals surface area contributed by atoms with Crippen molar-refractivity contribution >= 4 is 28.8 Å². The van der Waals surface area contributed by atoms with Crippen LogP contribution in [-0.4, -0.2) is 25.0 Å². The Kier molecular flexibility index (Phi) is 4.62. The Balaban J connectivity index is 1.52. The van der Waals surface area contributed by atoms with Crippen molar-refractivity contribution in [3.8, 4) is 5.75 Å². The van der Waals surface area contributed by atoms with Crippen LogP contribution in [0.15, 0.2) is 35.7 Å². The number of nitrogens with one attached hydrogen (secondary N) is 2. The third kappa shape index (κ3) is 3.71. The van der Waals surface area contributed by atoms with E-state index < -0.39 is 11.8 Å². The lowest BCUT2D eigenvalue weighted by molar-refractivity contribution is -0.136. The average Bonchev–Trinajstić information content (AvgIpc) is 3.22. The van der Waals surface area contributed by atoms with E-state index in [9.17, 15) is 9.59 Å². The number of ether oxygens (including phenoxy) is 1. The molecule has 0 aliphatic carbocycles. The van der Waals surface area contributed by atoms with Crippen molar-refractivity contribution in [3.63, 3.8) is 0 Å². The molecule has 2 amide bonds. The van der Waals surface area contributed by atoms with Gasteiger partial charge < -0.3 is 15.4 Å². The quantitative estimate of drug-likeness (QED) is 0.847. The summed E-state index contributed by atoms with van der Waals surface area (Å²) < 4.78 is 5.42. The normalized spacial score (nSPS) is 13.8. The van der Waals surface area contributed by atoms with Crippen molar-refractivity contribution in [2.24, 2.45) is 0 Å². The summed E-state index contributed by atoms with van der Waals surface area (Å²) >= 11 is 1.64. The highest BCUT2D eigenvalue weighted by Gasteiger charge is 2.17. The molecule has 3 rings (SSSR count). The third-order valence-electron chi connectivity index (χ3n) is 3.75. The van der Waals surface area contributed by atoms with Crippen LogP contribution in [0.5, 0.6) is 5.75 Å². The second-order valence-corrected chi connectivity index (χ2v) is 6.48. The maximum absolute atomic E-state index is 12.0. The van der Waals surface area contributed by atoms with Crippen molar-refractivity contribution in [3.05, 3.63) is 46.2 Å². The number of hydrogen-bond donors (Lipinski definition) is 2. The van der Waals surface area contributed by atoms with Crippen LogP contribution in [0, 0.1) is 0 Å². The number of hydrogen-bond acceptors (Lipinski definition) is 4. The minimum atomic E-state index is -0.651. The monoisotopic (exact) mass is 330 g/mol. The summed E-state index contributed by atoms with van der Waals surface area (Å²) in [7, 11) is 0. The second kappa shape index (κ2) is 6.83. The van der Waals surface area contributed by atoms with Gasteiger partial charge in [0.05, 0.1) is 6.61 Å². The summed E-state index contributed by atoms with van der Waals surface area (Å²) in [6.07, 6.45) is 0.823. The summed E-state index contributed by atoms with van der Waals surface area (Å²) in [6, 6.07) is 9.40. The molecule has 23 heavy (non-hydrogen) atoms. The van der Waals surface area contributed by atoms with E-state index in [-0.39, 0.29) is 5.92 Å². The van der Waals surface area contributed by atoms with Gasteiger partial charge in [0, 0.05) is 29.4 Å². The number of amides is 2. The van der Waals surface area contributed by atoms with Gasteiger partial charge in [0.15, 0.2) is 0 Å². The molecule has 0 saturated carbocycles. The Morgan fingerprint density at radius 1 is 1.30 bits per heavy atom. The number of anilines is 1. The van der Waals surface area contributed by atoms with Gasteiger partial charge in [0.25, 0.3) is 0 Å². The number of carbonyl (C=O) groups is 2. The lowest BCUT2D eigenvalue weighted by Gasteiger charge is -2.11. The van der Waals surface area contributed by atoms with Crippen LogP contribution in [0.4, 0.5) is 5.69 Å². The maximum atomic E-state index is 12.0. The van der Waals surface area contributed by atoms with Gasteiger partial charge in [-0.25, -0.2) is 0 Å². The minimum Gasteiger partial charge on any atom is -0.493 e. The highest BCUT2D eigenvalue weighted by molar-refractivity contribution is 7.10. The van der Waals surface area contributed by atoms with Gasteiger partial charge in [-0.2, -0.15) is 0 Å². The fourth-order valence-electron chi connectivity index (χ4n) is 2.45. The van der Waals surface area contributed by atoms with E-state index >= 15 is 0 Å². The lowest BCUT2D eigenvalue weighted by atomic mass is 10.1. The average molecular weight is 330 g/mol. The van der Waals surface area contributed by atoms with Crippen LogP contribution in [0.2, 0.25) is 0 Å².